The fourth-order valence-electron chi connectivity index (χ4n) is 3.34. The van der Waals surface area contributed by atoms with Gasteiger partial charge < -0.3 is 16.2 Å². The maximum absolute atomic E-state index is 14.9. The summed E-state index contributed by atoms with van der Waals surface area (Å²) >= 11 is 5.70. The number of carbonyl (C=O) groups excluding carboxylic acids is 1. The minimum absolute atomic E-state index is 0.0113. The predicted octanol–water partition coefficient (Wildman–Crippen LogP) is 4.19. The Bertz CT molecular complexity index is 1420. The monoisotopic (exact) mass is 494 g/mol. The summed E-state index contributed by atoms with van der Waals surface area (Å²) in [5, 5.41) is 16.4. The number of nitrogens with two attached hydrogens (primary N) is 1. The first-order chi connectivity index (χ1) is 16.0. The number of fused-ring (bicyclic) bond motifs is 1. The Balaban J connectivity index is 1.61. The van der Waals surface area contributed by atoms with Crippen LogP contribution in [0.4, 0.5) is 29.1 Å². The van der Waals surface area contributed by atoms with Crippen molar-refractivity contribution in [3.8, 4) is 5.69 Å². The smallest absolute Gasteiger partial charge is 0.382 e. The normalized spacial score (nSPS) is 12.7. The topological polar surface area (TPSA) is 119 Å². The Morgan fingerprint density at radius 1 is 1.21 bits per heavy atom. The molecule has 0 saturated heterocycles. The van der Waals surface area contributed by atoms with Crippen LogP contribution >= 0.6 is 11.6 Å². The number of aryl methyl sites for hydroxylation is 1. The van der Waals surface area contributed by atoms with E-state index < -0.39 is 29.6 Å². The van der Waals surface area contributed by atoms with Crippen molar-refractivity contribution in [1.29, 1.82) is 0 Å². The summed E-state index contributed by atoms with van der Waals surface area (Å²) in [4.78, 5) is 20.4. The number of halogens is 5. The van der Waals surface area contributed by atoms with Crippen LogP contribution in [0.25, 0.3) is 16.7 Å². The van der Waals surface area contributed by atoms with Gasteiger partial charge in [-0.25, -0.2) is 19.0 Å². The first-order valence-electron chi connectivity index (χ1n) is 9.58. The van der Waals surface area contributed by atoms with Crippen LogP contribution in [0, 0.1) is 12.7 Å². The Morgan fingerprint density at radius 2 is 1.94 bits per heavy atom. The standard InChI is InChI=1S/C21H15ClF4N6O2/c1-9-16-17(19(27)29-8-28-16)32(31-9)15-3-2-13(7-14(15)23)30-20(34)18(33)10-4-11(21(24,25)26)6-12(22)5-10/h2-8,18,33H,1H3,(H,30,34)(H2,27,28,29). The van der Waals surface area contributed by atoms with Crippen LogP contribution in [0.2, 0.25) is 5.02 Å². The highest BCUT2D eigenvalue weighted by atomic mass is 35.5. The number of alkyl halides is 3. The van der Waals surface area contributed by atoms with Gasteiger partial charge in [0.25, 0.3) is 5.91 Å². The zero-order valence-corrected chi connectivity index (χ0v) is 18.0. The van der Waals surface area contributed by atoms with Gasteiger partial charge in [-0.15, -0.1) is 0 Å². The number of anilines is 2. The lowest BCUT2D eigenvalue weighted by Gasteiger charge is -2.15. The van der Waals surface area contributed by atoms with Gasteiger partial charge in [0.1, 0.15) is 23.0 Å². The molecule has 0 aliphatic carbocycles. The third kappa shape index (κ3) is 4.37. The van der Waals surface area contributed by atoms with Crippen molar-refractivity contribution in [2.24, 2.45) is 0 Å². The molecule has 0 spiro atoms. The van der Waals surface area contributed by atoms with Crippen molar-refractivity contribution in [2.45, 2.75) is 19.2 Å². The molecule has 4 rings (SSSR count). The van der Waals surface area contributed by atoms with E-state index >= 15 is 0 Å². The second-order valence-corrected chi connectivity index (χ2v) is 7.72. The van der Waals surface area contributed by atoms with Crippen LogP contribution in [-0.4, -0.2) is 30.8 Å². The zero-order chi connectivity index (χ0) is 24.8. The predicted molar refractivity (Wildman–Crippen MR) is 116 cm³/mol. The molecule has 2 aromatic carbocycles. The van der Waals surface area contributed by atoms with E-state index in [1.165, 1.54) is 23.1 Å². The van der Waals surface area contributed by atoms with E-state index in [0.29, 0.717) is 28.9 Å². The number of nitrogens with zero attached hydrogens (tertiary/aromatic N) is 4. The molecule has 0 fully saturated rings. The van der Waals surface area contributed by atoms with Crippen LogP contribution in [0.1, 0.15) is 22.9 Å². The minimum atomic E-state index is -4.72. The Morgan fingerprint density at radius 3 is 2.62 bits per heavy atom. The summed E-state index contributed by atoms with van der Waals surface area (Å²) in [6.07, 6.45) is -5.45. The lowest BCUT2D eigenvalue weighted by molar-refractivity contribution is -0.138. The summed E-state index contributed by atoms with van der Waals surface area (Å²) in [5.74, 6) is -1.80. The maximum Gasteiger partial charge on any atom is 0.416 e. The van der Waals surface area contributed by atoms with E-state index in [4.69, 9.17) is 17.3 Å². The van der Waals surface area contributed by atoms with Gasteiger partial charge in [0, 0.05) is 10.7 Å². The maximum atomic E-state index is 14.9. The molecule has 34 heavy (non-hydrogen) atoms. The molecule has 0 saturated carbocycles. The molecule has 2 aromatic heterocycles. The Hall–Kier alpha value is -3.77. The summed E-state index contributed by atoms with van der Waals surface area (Å²) < 4.78 is 55.1. The fraction of sp³-hybridized carbons (Fsp3) is 0.143. The number of rotatable bonds is 4. The van der Waals surface area contributed by atoms with Crippen LogP contribution in [-0.2, 0) is 11.0 Å². The molecule has 8 nitrogen and oxygen atoms in total. The summed E-state index contributed by atoms with van der Waals surface area (Å²) in [7, 11) is 0. The molecule has 2 heterocycles. The number of nitrogen functional groups attached to an aromatic ring is 1. The molecule has 1 atom stereocenters. The molecule has 4 N–H and O–H groups in total. The van der Waals surface area contributed by atoms with Crippen molar-refractivity contribution in [2.75, 3.05) is 11.1 Å². The number of benzene rings is 2. The first-order valence-corrected chi connectivity index (χ1v) is 9.96. The van der Waals surface area contributed by atoms with Gasteiger partial charge in [-0.2, -0.15) is 18.3 Å². The first kappa shape index (κ1) is 23.4. The highest BCUT2D eigenvalue weighted by Gasteiger charge is 2.32. The van der Waals surface area contributed by atoms with Gasteiger partial charge in [0.05, 0.1) is 11.3 Å². The minimum Gasteiger partial charge on any atom is -0.382 e. The largest absolute Gasteiger partial charge is 0.416 e. The number of aliphatic hydroxyl groups excluding tert-OH is 1. The van der Waals surface area contributed by atoms with Crippen molar-refractivity contribution in [1.82, 2.24) is 19.7 Å². The average Bonchev–Trinajstić information content (AvgIpc) is 3.10. The molecule has 1 amide bonds. The van der Waals surface area contributed by atoms with E-state index in [2.05, 4.69) is 20.4 Å². The second kappa shape index (κ2) is 8.54. The van der Waals surface area contributed by atoms with Crippen LogP contribution < -0.4 is 11.1 Å². The van der Waals surface area contributed by atoms with Gasteiger partial charge in [0.15, 0.2) is 17.7 Å². The third-order valence-corrected chi connectivity index (χ3v) is 5.13. The van der Waals surface area contributed by atoms with Gasteiger partial charge in [-0.3, -0.25) is 4.79 Å². The number of nitrogens with one attached hydrogen (secondary N) is 1. The number of hydrogen-bond acceptors (Lipinski definition) is 6. The van der Waals surface area contributed by atoms with E-state index in [9.17, 15) is 27.5 Å². The molecule has 0 aliphatic heterocycles. The molecule has 0 aliphatic rings. The molecular weight excluding hydrogens is 480 g/mol. The third-order valence-electron chi connectivity index (χ3n) is 4.91. The van der Waals surface area contributed by atoms with Crippen molar-refractivity contribution >= 4 is 40.0 Å². The van der Waals surface area contributed by atoms with E-state index in [1.54, 1.807) is 6.92 Å². The number of hydrogen-bond donors (Lipinski definition) is 3. The van der Waals surface area contributed by atoms with Crippen molar-refractivity contribution in [3.63, 3.8) is 0 Å². The summed E-state index contributed by atoms with van der Waals surface area (Å²) in [5.41, 5.74) is 5.56. The molecule has 0 bridgehead atoms. The van der Waals surface area contributed by atoms with Gasteiger partial charge in [-0.05, 0) is 48.9 Å². The van der Waals surface area contributed by atoms with Crippen molar-refractivity contribution in [3.05, 3.63) is 70.4 Å². The van der Waals surface area contributed by atoms with Crippen molar-refractivity contribution < 1.29 is 27.5 Å². The number of aliphatic hydroxyl groups is 1. The lowest BCUT2D eigenvalue weighted by atomic mass is 10.0. The average molecular weight is 495 g/mol. The molecule has 1 unspecified atom stereocenters. The molecule has 13 heteroatoms. The molecule has 176 valence electrons. The summed E-state index contributed by atoms with van der Waals surface area (Å²) in [6, 6.07) is 5.89. The number of aromatic nitrogens is 4. The molecule has 4 aromatic rings. The lowest BCUT2D eigenvalue weighted by Crippen LogP contribution is -2.21. The molecular formula is C21H15ClF4N6O2. The SMILES string of the molecule is Cc1nn(-c2ccc(NC(=O)C(O)c3cc(Cl)cc(C(F)(F)F)c3)cc2F)c2c(N)ncnc12. The van der Waals surface area contributed by atoms with E-state index in [0.717, 1.165) is 12.1 Å². The van der Waals surface area contributed by atoms with Crippen LogP contribution in [0.5, 0.6) is 0 Å². The number of amides is 1. The number of carbonyl (C=O) groups is 1. The zero-order valence-electron chi connectivity index (χ0n) is 17.2. The van der Waals surface area contributed by atoms with Crippen LogP contribution in [0.3, 0.4) is 0 Å². The highest BCUT2D eigenvalue weighted by molar-refractivity contribution is 6.30. The summed E-state index contributed by atoms with van der Waals surface area (Å²) in [6.45, 7) is 1.67. The van der Waals surface area contributed by atoms with Gasteiger partial charge >= 0.3 is 6.18 Å². The van der Waals surface area contributed by atoms with Crippen LogP contribution in [0.15, 0.2) is 42.7 Å². The van der Waals surface area contributed by atoms with E-state index in [1.807, 2.05) is 0 Å². The van der Waals surface area contributed by atoms with Gasteiger partial charge in [-0.1, -0.05) is 11.6 Å². The fourth-order valence-corrected chi connectivity index (χ4v) is 3.58. The Labute approximate surface area is 194 Å². The second-order valence-electron chi connectivity index (χ2n) is 7.28. The highest BCUT2D eigenvalue weighted by Crippen LogP contribution is 2.34. The Kier molecular flexibility index (Phi) is 5.87. The van der Waals surface area contributed by atoms with Gasteiger partial charge in [0.2, 0.25) is 0 Å². The quantitative estimate of drug-likeness (QED) is 0.366. The molecule has 0 radical (unpaired) electrons. The van der Waals surface area contributed by atoms with E-state index in [-0.39, 0.29) is 27.8 Å².